The van der Waals surface area contributed by atoms with Crippen molar-refractivity contribution in [2.75, 3.05) is 13.4 Å². The number of hydrogen-bond donors (Lipinski definition) is 0. The highest BCUT2D eigenvalue weighted by Crippen LogP contribution is 2.22. The quantitative estimate of drug-likeness (QED) is 0.763. The minimum Gasteiger partial charge on any atom is -0.497 e. The molecule has 2 rings (SSSR count). The lowest BCUT2D eigenvalue weighted by Gasteiger charge is -2.10. The molecule has 0 N–H and O–H groups in total. The van der Waals surface area contributed by atoms with Crippen LogP contribution >= 0.6 is 0 Å². The van der Waals surface area contributed by atoms with Crippen molar-refractivity contribution in [1.29, 1.82) is 0 Å². The maximum absolute atomic E-state index is 12.0. The summed E-state index contributed by atoms with van der Waals surface area (Å²) in [6, 6.07) is 11.3. The van der Waals surface area contributed by atoms with Gasteiger partial charge in [-0.1, -0.05) is 24.3 Å². The number of fused-ring (bicyclic) bond motifs is 1. The second-order valence-electron chi connectivity index (χ2n) is 5.13. The van der Waals surface area contributed by atoms with Crippen LogP contribution in [-0.4, -0.2) is 33.7 Å². The smallest absolute Gasteiger partial charge is 0.265 e. The highest BCUT2D eigenvalue weighted by Gasteiger charge is 2.18. The Bertz CT molecular complexity index is 795. The first kappa shape index (κ1) is 16.5. The van der Waals surface area contributed by atoms with E-state index in [0.29, 0.717) is 0 Å². The third-order valence-corrected chi connectivity index (χ3v) is 3.90. The maximum atomic E-state index is 12.0. The van der Waals surface area contributed by atoms with E-state index < -0.39 is 16.2 Å². The van der Waals surface area contributed by atoms with E-state index in [1.807, 2.05) is 36.4 Å². The number of carbonyl (C=O) groups excluding carboxylic acids is 1. The van der Waals surface area contributed by atoms with Crippen molar-refractivity contribution in [3.63, 3.8) is 0 Å². The first-order chi connectivity index (χ1) is 10.3. The predicted molar refractivity (Wildman–Crippen MR) is 84.6 cm³/mol. The summed E-state index contributed by atoms with van der Waals surface area (Å²) in [5.74, 6) is 0.491. The molecule has 118 valence electrons. The van der Waals surface area contributed by atoms with Gasteiger partial charge in [-0.25, -0.2) is 0 Å². The number of benzene rings is 2. The second kappa shape index (κ2) is 6.46. The first-order valence-corrected chi connectivity index (χ1v) is 8.58. The molecule has 0 aliphatic carbocycles. The molecule has 0 radical (unpaired) electrons. The van der Waals surface area contributed by atoms with Crippen LogP contribution in [0.2, 0.25) is 0 Å². The molecule has 0 aliphatic rings. The van der Waals surface area contributed by atoms with Gasteiger partial charge in [0.1, 0.15) is 11.9 Å². The molecule has 2 aromatic carbocycles. The van der Waals surface area contributed by atoms with Crippen LogP contribution in [0.3, 0.4) is 0 Å². The zero-order chi connectivity index (χ0) is 16.3. The largest absolute Gasteiger partial charge is 0.497 e. The van der Waals surface area contributed by atoms with Gasteiger partial charge in [0.25, 0.3) is 10.1 Å². The highest BCUT2D eigenvalue weighted by molar-refractivity contribution is 7.86. The van der Waals surface area contributed by atoms with Crippen molar-refractivity contribution in [2.45, 2.75) is 19.4 Å². The van der Waals surface area contributed by atoms with Crippen molar-refractivity contribution in [3.05, 3.63) is 42.0 Å². The van der Waals surface area contributed by atoms with Gasteiger partial charge in [-0.3, -0.25) is 8.98 Å². The van der Waals surface area contributed by atoms with Crippen LogP contribution in [0.1, 0.15) is 12.5 Å². The van der Waals surface area contributed by atoms with Crippen LogP contribution in [-0.2, 0) is 25.5 Å². The molecule has 0 amide bonds. The lowest BCUT2D eigenvalue weighted by molar-refractivity contribution is -0.124. The van der Waals surface area contributed by atoms with E-state index in [0.717, 1.165) is 28.3 Å². The zero-order valence-corrected chi connectivity index (χ0v) is 13.5. The Balaban J connectivity index is 2.16. The highest BCUT2D eigenvalue weighted by atomic mass is 32.2. The van der Waals surface area contributed by atoms with Gasteiger partial charge in [0, 0.05) is 6.42 Å². The Morgan fingerprint density at radius 2 is 1.77 bits per heavy atom. The molecule has 1 atom stereocenters. The van der Waals surface area contributed by atoms with Crippen molar-refractivity contribution in [2.24, 2.45) is 0 Å². The fraction of sp³-hybridized carbons (Fsp3) is 0.312. The molecule has 5 nitrogen and oxygen atoms in total. The summed E-state index contributed by atoms with van der Waals surface area (Å²) < 4.78 is 32.0. The Morgan fingerprint density at radius 3 is 2.41 bits per heavy atom. The third-order valence-electron chi connectivity index (χ3n) is 3.26. The molecule has 0 spiro atoms. The topological polar surface area (TPSA) is 69.7 Å². The fourth-order valence-corrected chi connectivity index (χ4v) is 2.80. The van der Waals surface area contributed by atoms with E-state index in [1.165, 1.54) is 6.92 Å². The number of ketones is 1. The summed E-state index contributed by atoms with van der Waals surface area (Å²) in [7, 11) is -2.03. The van der Waals surface area contributed by atoms with E-state index >= 15 is 0 Å². The molecule has 0 fully saturated rings. The SMILES string of the molecule is COc1ccc2cc(CC(=O)[C@@H](C)OS(C)(=O)=O)ccc2c1. The Kier molecular flexibility index (Phi) is 4.83. The lowest BCUT2D eigenvalue weighted by Crippen LogP contribution is -2.25. The molecular weight excluding hydrogens is 304 g/mol. The molecule has 0 saturated carbocycles. The molecule has 0 saturated heterocycles. The van der Waals surface area contributed by atoms with Crippen molar-refractivity contribution < 1.29 is 22.1 Å². The van der Waals surface area contributed by atoms with Gasteiger partial charge >= 0.3 is 0 Å². The summed E-state index contributed by atoms with van der Waals surface area (Å²) in [6.45, 7) is 1.44. The molecular formula is C16H18O5S. The van der Waals surface area contributed by atoms with E-state index in [4.69, 9.17) is 8.92 Å². The Morgan fingerprint density at radius 1 is 1.14 bits per heavy atom. The molecule has 0 heterocycles. The number of ether oxygens (including phenoxy) is 1. The van der Waals surface area contributed by atoms with E-state index in [-0.39, 0.29) is 12.2 Å². The van der Waals surface area contributed by atoms with Crippen LogP contribution in [0.5, 0.6) is 5.75 Å². The average molecular weight is 322 g/mol. The number of methoxy groups -OCH3 is 1. The lowest BCUT2D eigenvalue weighted by atomic mass is 10.0. The molecule has 2 aromatic rings. The van der Waals surface area contributed by atoms with Gasteiger partial charge in [-0.2, -0.15) is 8.42 Å². The first-order valence-electron chi connectivity index (χ1n) is 6.76. The number of hydrogen-bond acceptors (Lipinski definition) is 5. The minimum atomic E-state index is -3.64. The number of carbonyl (C=O) groups is 1. The van der Waals surface area contributed by atoms with Crippen molar-refractivity contribution >= 4 is 26.7 Å². The summed E-state index contributed by atoms with van der Waals surface area (Å²) in [6.07, 6.45) is 0.0697. The van der Waals surface area contributed by atoms with Gasteiger partial charge in [0.2, 0.25) is 0 Å². The molecule has 0 bridgehead atoms. The summed E-state index contributed by atoms with van der Waals surface area (Å²) >= 11 is 0. The summed E-state index contributed by atoms with van der Waals surface area (Å²) in [4.78, 5) is 12.0. The van der Waals surface area contributed by atoms with Crippen LogP contribution in [0.25, 0.3) is 10.8 Å². The predicted octanol–water partition coefficient (Wildman–Crippen LogP) is 2.32. The Hall–Kier alpha value is -1.92. The summed E-state index contributed by atoms with van der Waals surface area (Å²) in [5, 5.41) is 2.00. The molecule has 0 aromatic heterocycles. The molecule has 0 aliphatic heterocycles. The van der Waals surface area contributed by atoms with Crippen LogP contribution in [0, 0.1) is 0 Å². The van der Waals surface area contributed by atoms with Gasteiger partial charge in [-0.05, 0) is 35.4 Å². The normalized spacial score (nSPS) is 13.0. The second-order valence-corrected chi connectivity index (χ2v) is 6.73. The van der Waals surface area contributed by atoms with Gasteiger partial charge < -0.3 is 4.74 Å². The average Bonchev–Trinajstić information content (AvgIpc) is 2.44. The zero-order valence-electron chi connectivity index (χ0n) is 12.7. The monoisotopic (exact) mass is 322 g/mol. The van der Waals surface area contributed by atoms with Gasteiger partial charge in [-0.15, -0.1) is 0 Å². The van der Waals surface area contributed by atoms with Crippen LogP contribution < -0.4 is 4.74 Å². The van der Waals surface area contributed by atoms with E-state index in [9.17, 15) is 13.2 Å². The third kappa shape index (κ3) is 4.29. The fourth-order valence-electron chi connectivity index (χ4n) is 2.17. The standard InChI is InChI=1S/C16H18O5S/c1-11(21-22(3,18)19)16(17)9-12-4-5-14-10-15(20-2)7-6-13(14)8-12/h4-8,10-11H,9H2,1-3H3/t11-/m1/s1. The van der Waals surface area contributed by atoms with Crippen molar-refractivity contribution in [3.8, 4) is 5.75 Å². The summed E-state index contributed by atoms with van der Waals surface area (Å²) in [5.41, 5.74) is 0.812. The minimum absolute atomic E-state index is 0.124. The van der Waals surface area contributed by atoms with Crippen LogP contribution in [0.4, 0.5) is 0 Å². The van der Waals surface area contributed by atoms with Crippen molar-refractivity contribution in [1.82, 2.24) is 0 Å². The maximum Gasteiger partial charge on any atom is 0.265 e. The Labute approximate surface area is 130 Å². The molecule has 6 heteroatoms. The number of rotatable bonds is 6. The van der Waals surface area contributed by atoms with Crippen LogP contribution in [0.15, 0.2) is 36.4 Å². The van der Waals surface area contributed by atoms with E-state index in [2.05, 4.69) is 0 Å². The van der Waals surface area contributed by atoms with Gasteiger partial charge in [0.15, 0.2) is 5.78 Å². The number of Topliss-reactive ketones (excluding diaryl/α,β-unsaturated/α-hetero) is 1. The van der Waals surface area contributed by atoms with E-state index in [1.54, 1.807) is 7.11 Å². The molecule has 22 heavy (non-hydrogen) atoms. The molecule has 0 unspecified atom stereocenters. The van der Waals surface area contributed by atoms with Gasteiger partial charge in [0.05, 0.1) is 13.4 Å².